The van der Waals surface area contributed by atoms with E-state index in [1.807, 2.05) is 25.1 Å². The lowest BCUT2D eigenvalue weighted by Crippen LogP contribution is -2.14. The molecule has 26 heavy (non-hydrogen) atoms. The van der Waals surface area contributed by atoms with Gasteiger partial charge < -0.3 is 20.3 Å². The number of aryl methyl sites for hydroxylation is 1. The zero-order valence-electron chi connectivity index (χ0n) is 14.6. The highest BCUT2D eigenvalue weighted by Gasteiger charge is 2.13. The van der Waals surface area contributed by atoms with Gasteiger partial charge in [0.05, 0.1) is 12.3 Å². The summed E-state index contributed by atoms with van der Waals surface area (Å²) in [7, 11) is 0. The Hall–Kier alpha value is -3.19. The standard InChI is InChI=1S/C19H21N3O4/c1-13-5-3-4-6-17(13)21-22-18(14(2)24)19(25)20-15-7-9-16(10-8-15)26-12-11-23/h3-10,23-24H,11-12H2,1-2H3,(H,20,25). The van der Waals surface area contributed by atoms with Crippen LogP contribution in [0.3, 0.4) is 0 Å². The lowest BCUT2D eigenvalue weighted by atomic mass is 10.2. The highest BCUT2D eigenvalue weighted by atomic mass is 16.5. The van der Waals surface area contributed by atoms with Crippen molar-refractivity contribution in [2.75, 3.05) is 18.5 Å². The fraction of sp³-hybridized carbons (Fsp3) is 0.211. The van der Waals surface area contributed by atoms with E-state index in [1.54, 1.807) is 30.3 Å². The number of amides is 1. The van der Waals surface area contributed by atoms with Crippen molar-refractivity contribution in [1.29, 1.82) is 0 Å². The normalized spacial score (nSPS) is 12.0. The first-order chi connectivity index (χ1) is 12.5. The van der Waals surface area contributed by atoms with Gasteiger partial charge in [0.1, 0.15) is 18.1 Å². The number of nitrogens with one attached hydrogen (secondary N) is 1. The van der Waals surface area contributed by atoms with Crippen LogP contribution in [0.15, 0.2) is 70.2 Å². The number of nitrogens with zero attached hydrogens (tertiary/aromatic N) is 2. The Kier molecular flexibility index (Phi) is 6.87. The van der Waals surface area contributed by atoms with Gasteiger partial charge in [-0.25, -0.2) is 0 Å². The first kappa shape index (κ1) is 19.1. The molecular formula is C19H21N3O4. The minimum atomic E-state index is -0.577. The Morgan fingerprint density at radius 3 is 2.46 bits per heavy atom. The molecule has 0 unspecified atom stereocenters. The second-order valence-electron chi connectivity index (χ2n) is 5.47. The number of carbonyl (C=O) groups is 1. The van der Waals surface area contributed by atoms with Gasteiger partial charge in [-0.1, -0.05) is 18.2 Å². The van der Waals surface area contributed by atoms with Crippen LogP contribution in [-0.4, -0.2) is 29.3 Å². The molecule has 0 saturated carbocycles. The molecule has 2 aromatic carbocycles. The number of anilines is 1. The van der Waals surface area contributed by atoms with E-state index in [2.05, 4.69) is 15.5 Å². The van der Waals surface area contributed by atoms with Gasteiger partial charge in [0, 0.05) is 5.69 Å². The predicted octanol–water partition coefficient (Wildman–Crippen LogP) is 3.88. The van der Waals surface area contributed by atoms with Crippen LogP contribution in [-0.2, 0) is 4.79 Å². The highest BCUT2D eigenvalue weighted by Crippen LogP contribution is 2.21. The van der Waals surface area contributed by atoms with E-state index in [0.717, 1.165) is 5.56 Å². The van der Waals surface area contributed by atoms with E-state index in [9.17, 15) is 9.90 Å². The molecule has 0 aliphatic heterocycles. The van der Waals surface area contributed by atoms with Gasteiger partial charge in [0.15, 0.2) is 5.70 Å². The molecule has 0 spiro atoms. The molecule has 0 fully saturated rings. The first-order valence-electron chi connectivity index (χ1n) is 8.03. The van der Waals surface area contributed by atoms with Gasteiger partial charge in [-0.2, -0.15) is 0 Å². The van der Waals surface area contributed by atoms with Gasteiger partial charge in [-0.3, -0.25) is 4.79 Å². The number of ether oxygens (including phenoxy) is 1. The molecule has 3 N–H and O–H groups in total. The summed E-state index contributed by atoms with van der Waals surface area (Å²) in [5, 5.41) is 29.1. The zero-order valence-corrected chi connectivity index (χ0v) is 14.6. The third-order valence-electron chi connectivity index (χ3n) is 3.40. The van der Waals surface area contributed by atoms with Crippen LogP contribution in [0.25, 0.3) is 0 Å². The van der Waals surface area contributed by atoms with E-state index in [1.165, 1.54) is 6.92 Å². The van der Waals surface area contributed by atoms with Crippen molar-refractivity contribution in [3.8, 4) is 5.75 Å². The number of aliphatic hydroxyl groups is 2. The summed E-state index contributed by atoms with van der Waals surface area (Å²) in [6.07, 6.45) is 0. The second-order valence-corrected chi connectivity index (χ2v) is 5.47. The molecule has 0 aromatic heterocycles. The van der Waals surface area contributed by atoms with E-state index < -0.39 is 5.91 Å². The quantitative estimate of drug-likeness (QED) is 0.398. The Bertz CT molecular complexity index is 810. The zero-order chi connectivity index (χ0) is 18.9. The van der Waals surface area contributed by atoms with Gasteiger partial charge in [0.25, 0.3) is 5.91 Å². The SMILES string of the molecule is CC(O)=C(N=Nc1ccccc1C)C(=O)Nc1ccc(OCCO)cc1. The molecule has 0 aliphatic carbocycles. The number of aliphatic hydroxyl groups excluding tert-OH is 2. The van der Waals surface area contributed by atoms with Crippen molar-refractivity contribution < 1.29 is 19.7 Å². The van der Waals surface area contributed by atoms with Crippen LogP contribution in [0, 0.1) is 6.92 Å². The van der Waals surface area contributed by atoms with Crippen LogP contribution in [0.1, 0.15) is 12.5 Å². The number of azo groups is 1. The van der Waals surface area contributed by atoms with E-state index in [4.69, 9.17) is 9.84 Å². The van der Waals surface area contributed by atoms with E-state index in [-0.39, 0.29) is 24.7 Å². The molecule has 7 heteroatoms. The predicted molar refractivity (Wildman–Crippen MR) is 98.7 cm³/mol. The summed E-state index contributed by atoms with van der Waals surface area (Å²) < 4.78 is 5.25. The topological polar surface area (TPSA) is 104 Å². The van der Waals surface area contributed by atoms with Crippen molar-refractivity contribution in [2.24, 2.45) is 10.2 Å². The molecule has 2 rings (SSSR count). The average Bonchev–Trinajstić information content (AvgIpc) is 2.62. The molecular weight excluding hydrogens is 334 g/mol. The lowest BCUT2D eigenvalue weighted by Gasteiger charge is -2.08. The van der Waals surface area contributed by atoms with Crippen molar-refractivity contribution >= 4 is 17.3 Å². The van der Waals surface area contributed by atoms with Crippen molar-refractivity contribution in [2.45, 2.75) is 13.8 Å². The van der Waals surface area contributed by atoms with Crippen molar-refractivity contribution in [3.63, 3.8) is 0 Å². The Morgan fingerprint density at radius 2 is 1.85 bits per heavy atom. The fourth-order valence-electron chi connectivity index (χ4n) is 2.05. The third kappa shape index (κ3) is 5.42. The number of carbonyl (C=O) groups excluding carboxylic acids is 1. The Morgan fingerprint density at radius 1 is 1.15 bits per heavy atom. The Balaban J connectivity index is 2.09. The molecule has 0 aliphatic rings. The van der Waals surface area contributed by atoms with Crippen LogP contribution in [0.2, 0.25) is 0 Å². The minimum absolute atomic E-state index is 0.0751. The monoisotopic (exact) mass is 355 g/mol. The molecule has 2 aromatic rings. The number of allylic oxidation sites excluding steroid dienone is 1. The summed E-state index contributed by atoms with van der Waals surface area (Å²) in [5.41, 5.74) is 1.86. The molecule has 0 atom stereocenters. The van der Waals surface area contributed by atoms with Crippen molar-refractivity contribution in [1.82, 2.24) is 0 Å². The maximum Gasteiger partial charge on any atom is 0.279 e. The van der Waals surface area contributed by atoms with Crippen molar-refractivity contribution in [3.05, 3.63) is 65.6 Å². The van der Waals surface area contributed by atoms with Gasteiger partial charge in [0.2, 0.25) is 0 Å². The van der Waals surface area contributed by atoms with E-state index >= 15 is 0 Å². The summed E-state index contributed by atoms with van der Waals surface area (Å²) in [4.78, 5) is 12.4. The molecule has 0 saturated heterocycles. The minimum Gasteiger partial charge on any atom is -0.510 e. The molecule has 0 radical (unpaired) electrons. The molecule has 0 bridgehead atoms. The number of benzene rings is 2. The van der Waals surface area contributed by atoms with E-state index in [0.29, 0.717) is 17.1 Å². The smallest absolute Gasteiger partial charge is 0.279 e. The average molecular weight is 355 g/mol. The number of hydrogen-bond acceptors (Lipinski definition) is 6. The summed E-state index contributed by atoms with van der Waals surface area (Å²) >= 11 is 0. The maximum atomic E-state index is 12.4. The lowest BCUT2D eigenvalue weighted by molar-refractivity contribution is -0.113. The second kappa shape index (κ2) is 9.33. The molecule has 7 nitrogen and oxygen atoms in total. The van der Waals surface area contributed by atoms with Gasteiger partial charge in [-0.05, 0) is 49.7 Å². The van der Waals surface area contributed by atoms with Crippen LogP contribution >= 0.6 is 0 Å². The molecule has 0 heterocycles. The molecule has 136 valence electrons. The van der Waals surface area contributed by atoms with Crippen LogP contribution in [0.4, 0.5) is 11.4 Å². The summed E-state index contributed by atoms with van der Waals surface area (Å²) in [6.45, 7) is 3.37. The molecule has 1 amide bonds. The van der Waals surface area contributed by atoms with Gasteiger partial charge in [-0.15, -0.1) is 10.2 Å². The number of hydrogen-bond donors (Lipinski definition) is 3. The summed E-state index contributed by atoms with van der Waals surface area (Å²) in [5.74, 6) is -0.237. The number of rotatable bonds is 7. The van der Waals surface area contributed by atoms with Gasteiger partial charge >= 0.3 is 0 Å². The van der Waals surface area contributed by atoms with Crippen LogP contribution in [0.5, 0.6) is 5.75 Å². The fourth-order valence-corrected chi connectivity index (χ4v) is 2.05. The Labute approximate surface area is 151 Å². The maximum absolute atomic E-state index is 12.4. The first-order valence-corrected chi connectivity index (χ1v) is 8.03. The highest BCUT2D eigenvalue weighted by molar-refractivity contribution is 6.03. The summed E-state index contributed by atoms with van der Waals surface area (Å²) in [6, 6.07) is 14.0. The third-order valence-corrected chi connectivity index (χ3v) is 3.40. The van der Waals surface area contributed by atoms with Crippen LogP contribution < -0.4 is 10.1 Å². The largest absolute Gasteiger partial charge is 0.510 e.